The molecule has 0 amide bonds. The van der Waals surface area contributed by atoms with Gasteiger partial charge in [0.1, 0.15) is 17.6 Å². The Bertz CT molecular complexity index is 626. The summed E-state index contributed by atoms with van der Waals surface area (Å²) < 4.78 is 19.5. The Labute approximate surface area is 154 Å². The smallest absolute Gasteiger partial charge is 0.325 e. The Hall–Kier alpha value is -1.70. The van der Waals surface area contributed by atoms with Crippen LogP contribution >= 0.6 is 0 Å². The molecule has 1 aromatic carbocycles. The number of nitrogens with zero attached hydrogens (tertiary/aromatic N) is 3. The van der Waals surface area contributed by atoms with Crippen LogP contribution in [0.2, 0.25) is 0 Å². The molecule has 26 heavy (non-hydrogen) atoms. The number of hydrogen-bond acceptors (Lipinski definition) is 5. The first-order valence-corrected chi connectivity index (χ1v) is 9.22. The highest BCUT2D eigenvalue weighted by Gasteiger charge is 2.34. The van der Waals surface area contributed by atoms with Crippen LogP contribution in [0.3, 0.4) is 0 Å². The van der Waals surface area contributed by atoms with Crippen molar-refractivity contribution >= 4 is 5.97 Å². The quantitative estimate of drug-likeness (QED) is 0.857. The first-order chi connectivity index (χ1) is 12.5. The molecule has 2 aliphatic rings. The van der Waals surface area contributed by atoms with E-state index in [0.29, 0.717) is 24.9 Å². The van der Waals surface area contributed by atoms with E-state index in [0.717, 1.165) is 39.0 Å². The standard InChI is InChI=1S/C19H28FN3O3/c1-21-7-5-14(6-8-21)22-9-11-23(12-10-22)18(19(24)25)16-13-15(26-2)3-4-17(16)20/h3-4,13-14,18H,5-12H2,1-2H3,(H,24,25). The summed E-state index contributed by atoms with van der Waals surface area (Å²) in [5.41, 5.74) is 0.171. The SMILES string of the molecule is COc1ccc(F)c(C(C(=O)O)N2CCN(C3CCN(C)CC3)CC2)c1. The van der Waals surface area contributed by atoms with E-state index in [1.807, 2.05) is 4.90 Å². The van der Waals surface area contributed by atoms with E-state index in [9.17, 15) is 14.3 Å². The number of carbonyl (C=O) groups is 1. The number of likely N-dealkylation sites (tertiary alicyclic amines) is 1. The normalized spacial score (nSPS) is 22.3. The molecule has 1 aromatic rings. The second kappa shape index (κ2) is 8.33. The second-order valence-corrected chi connectivity index (χ2v) is 7.23. The lowest BCUT2D eigenvalue weighted by Gasteiger charge is -2.43. The summed E-state index contributed by atoms with van der Waals surface area (Å²) in [5.74, 6) is -1.06. The van der Waals surface area contributed by atoms with Crippen molar-refractivity contribution in [3.05, 3.63) is 29.6 Å². The summed E-state index contributed by atoms with van der Waals surface area (Å²) in [6, 6.07) is 3.88. The van der Waals surface area contributed by atoms with Crippen LogP contribution in [0, 0.1) is 5.82 Å². The van der Waals surface area contributed by atoms with Crippen LogP contribution in [0.15, 0.2) is 18.2 Å². The number of carboxylic acids is 1. The summed E-state index contributed by atoms with van der Waals surface area (Å²) in [7, 11) is 3.64. The minimum atomic E-state index is -1.02. The fourth-order valence-electron chi connectivity index (χ4n) is 4.07. The van der Waals surface area contributed by atoms with Crippen LogP contribution in [-0.4, -0.2) is 85.2 Å². The Balaban J connectivity index is 1.68. The topological polar surface area (TPSA) is 56.3 Å². The lowest BCUT2D eigenvalue weighted by Crippen LogP contribution is -2.54. The number of halogens is 1. The fraction of sp³-hybridized carbons (Fsp3) is 0.632. The molecular formula is C19H28FN3O3. The van der Waals surface area contributed by atoms with E-state index < -0.39 is 17.8 Å². The molecule has 0 saturated carbocycles. The number of hydrogen-bond donors (Lipinski definition) is 1. The maximum Gasteiger partial charge on any atom is 0.325 e. The first-order valence-electron chi connectivity index (χ1n) is 9.22. The number of carboxylic acid groups (broad SMARTS) is 1. The summed E-state index contributed by atoms with van der Waals surface area (Å²) in [6.45, 7) is 5.11. The van der Waals surface area contributed by atoms with Crippen LogP contribution in [0.5, 0.6) is 5.75 Å². The Morgan fingerprint density at radius 1 is 1.19 bits per heavy atom. The number of benzene rings is 1. The van der Waals surface area contributed by atoms with Crippen LogP contribution in [-0.2, 0) is 4.79 Å². The molecule has 7 heteroatoms. The van der Waals surface area contributed by atoms with Crippen LogP contribution in [0.4, 0.5) is 4.39 Å². The molecule has 1 N–H and O–H groups in total. The Morgan fingerprint density at radius 3 is 2.42 bits per heavy atom. The van der Waals surface area contributed by atoms with Crippen LogP contribution < -0.4 is 4.74 Å². The first kappa shape index (κ1) is 19.1. The maximum absolute atomic E-state index is 14.3. The van der Waals surface area contributed by atoms with Crippen molar-refractivity contribution in [1.29, 1.82) is 0 Å². The molecule has 0 spiro atoms. The summed E-state index contributed by atoms with van der Waals surface area (Å²) in [4.78, 5) is 18.6. The molecule has 3 rings (SSSR count). The molecule has 0 aromatic heterocycles. The second-order valence-electron chi connectivity index (χ2n) is 7.23. The van der Waals surface area contributed by atoms with Gasteiger partial charge in [-0.3, -0.25) is 14.6 Å². The Morgan fingerprint density at radius 2 is 1.85 bits per heavy atom. The van der Waals surface area contributed by atoms with E-state index in [2.05, 4.69) is 16.8 Å². The molecular weight excluding hydrogens is 337 g/mol. The van der Waals surface area contributed by atoms with Gasteiger partial charge in [0.15, 0.2) is 0 Å². The average Bonchev–Trinajstić information content (AvgIpc) is 2.64. The van der Waals surface area contributed by atoms with Gasteiger partial charge in [-0.1, -0.05) is 0 Å². The fourth-order valence-corrected chi connectivity index (χ4v) is 4.07. The highest BCUT2D eigenvalue weighted by atomic mass is 19.1. The molecule has 2 fully saturated rings. The van der Waals surface area contributed by atoms with Crippen molar-refractivity contribution in [3.63, 3.8) is 0 Å². The third kappa shape index (κ3) is 4.16. The van der Waals surface area contributed by atoms with Crippen molar-refractivity contribution in [2.24, 2.45) is 0 Å². The average molecular weight is 365 g/mol. The van der Waals surface area contributed by atoms with Gasteiger partial charge in [-0.2, -0.15) is 0 Å². The third-order valence-corrected chi connectivity index (χ3v) is 5.65. The number of piperazine rings is 1. The lowest BCUT2D eigenvalue weighted by atomic mass is 10.0. The van der Waals surface area contributed by atoms with Gasteiger partial charge in [-0.25, -0.2) is 4.39 Å². The molecule has 1 unspecified atom stereocenters. The van der Waals surface area contributed by atoms with E-state index >= 15 is 0 Å². The molecule has 2 aliphatic heterocycles. The van der Waals surface area contributed by atoms with Gasteiger partial charge < -0.3 is 14.7 Å². The van der Waals surface area contributed by atoms with Crippen molar-refractivity contribution in [2.75, 3.05) is 53.4 Å². The van der Waals surface area contributed by atoms with Gasteiger partial charge in [-0.05, 0) is 51.2 Å². The number of rotatable bonds is 5. The van der Waals surface area contributed by atoms with Crippen molar-refractivity contribution < 1.29 is 19.0 Å². The molecule has 1 atom stereocenters. The maximum atomic E-state index is 14.3. The summed E-state index contributed by atoms with van der Waals surface area (Å²) in [5, 5.41) is 9.74. The van der Waals surface area contributed by atoms with Gasteiger partial charge in [0.25, 0.3) is 0 Å². The highest BCUT2D eigenvalue weighted by molar-refractivity contribution is 5.76. The third-order valence-electron chi connectivity index (χ3n) is 5.65. The van der Waals surface area contributed by atoms with Gasteiger partial charge in [-0.15, -0.1) is 0 Å². The lowest BCUT2D eigenvalue weighted by molar-refractivity contribution is -0.144. The molecule has 0 radical (unpaired) electrons. The molecule has 6 nitrogen and oxygen atoms in total. The number of methoxy groups -OCH3 is 1. The highest BCUT2D eigenvalue weighted by Crippen LogP contribution is 2.29. The predicted molar refractivity (Wildman–Crippen MR) is 97.0 cm³/mol. The number of aliphatic carboxylic acids is 1. The zero-order valence-corrected chi connectivity index (χ0v) is 15.5. The largest absolute Gasteiger partial charge is 0.497 e. The van der Waals surface area contributed by atoms with Crippen LogP contribution in [0.1, 0.15) is 24.4 Å². The van der Waals surface area contributed by atoms with Crippen LogP contribution in [0.25, 0.3) is 0 Å². The minimum absolute atomic E-state index is 0.171. The molecule has 0 bridgehead atoms. The number of ether oxygens (including phenoxy) is 1. The zero-order valence-electron chi connectivity index (χ0n) is 15.5. The van der Waals surface area contributed by atoms with Crippen molar-refractivity contribution in [2.45, 2.75) is 24.9 Å². The van der Waals surface area contributed by atoms with E-state index in [1.165, 1.54) is 25.3 Å². The van der Waals surface area contributed by atoms with Crippen molar-refractivity contribution in [3.8, 4) is 5.75 Å². The van der Waals surface area contributed by atoms with E-state index in [1.54, 1.807) is 0 Å². The van der Waals surface area contributed by atoms with Gasteiger partial charge in [0.05, 0.1) is 7.11 Å². The van der Waals surface area contributed by atoms with Gasteiger partial charge in [0.2, 0.25) is 0 Å². The molecule has 2 saturated heterocycles. The van der Waals surface area contributed by atoms with E-state index in [4.69, 9.17) is 4.74 Å². The molecule has 0 aliphatic carbocycles. The van der Waals surface area contributed by atoms with Gasteiger partial charge >= 0.3 is 5.97 Å². The van der Waals surface area contributed by atoms with E-state index in [-0.39, 0.29) is 5.56 Å². The minimum Gasteiger partial charge on any atom is -0.497 e. The monoisotopic (exact) mass is 365 g/mol. The number of piperidine rings is 1. The summed E-state index contributed by atoms with van der Waals surface area (Å²) in [6.07, 6.45) is 2.31. The molecule has 2 heterocycles. The molecule has 144 valence electrons. The van der Waals surface area contributed by atoms with Crippen molar-refractivity contribution in [1.82, 2.24) is 14.7 Å². The summed E-state index contributed by atoms with van der Waals surface area (Å²) >= 11 is 0. The van der Waals surface area contributed by atoms with Gasteiger partial charge in [0, 0.05) is 37.8 Å². The Kier molecular flexibility index (Phi) is 6.11. The zero-order chi connectivity index (χ0) is 18.7. The predicted octanol–water partition coefficient (Wildman–Crippen LogP) is 1.67.